The number of carbonyl (C=O) groups excluding carboxylic acids is 1. The first-order valence-electron chi connectivity index (χ1n) is 10.5. The highest BCUT2D eigenvalue weighted by Gasteiger charge is 2.31. The molecular weight excluding hydrogens is 426 g/mol. The summed E-state index contributed by atoms with van der Waals surface area (Å²) in [5.74, 6) is 0.910. The van der Waals surface area contributed by atoms with Crippen molar-refractivity contribution in [2.75, 3.05) is 11.9 Å². The fourth-order valence-corrected chi connectivity index (χ4v) is 5.46. The van der Waals surface area contributed by atoms with E-state index in [-0.39, 0.29) is 22.4 Å². The minimum atomic E-state index is -3.64. The van der Waals surface area contributed by atoms with Crippen LogP contribution in [0.5, 0.6) is 11.5 Å². The Morgan fingerprint density at radius 1 is 1.03 bits per heavy atom. The topological polar surface area (TPSA) is 88.6 Å². The number of amides is 1. The fraction of sp³-hybridized carbons (Fsp3) is 0.250. The van der Waals surface area contributed by atoms with E-state index in [9.17, 15) is 13.2 Å². The van der Waals surface area contributed by atoms with Gasteiger partial charge in [0.25, 0.3) is 5.91 Å². The molecule has 32 heavy (non-hydrogen) atoms. The summed E-state index contributed by atoms with van der Waals surface area (Å²) in [5.41, 5.74) is 0.864. The second kappa shape index (κ2) is 9.50. The molecule has 1 aliphatic heterocycles. The molecule has 2 heterocycles. The number of carbonyl (C=O) groups is 1. The first-order valence-corrected chi connectivity index (χ1v) is 12.0. The Hall–Kier alpha value is -3.23. The van der Waals surface area contributed by atoms with Crippen LogP contribution in [0.4, 0.5) is 5.69 Å². The number of piperidine rings is 1. The van der Waals surface area contributed by atoms with Crippen LogP contribution >= 0.6 is 0 Å². The monoisotopic (exact) mass is 451 g/mol. The molecule has 0 spiro atoms. The van der Waals surface area contributed by atoms with Crippen LogP contribution in [0.3, 0.4) is 0 Å². The summed E-state index contributed by atoms with van der Waals surface area (Å²) in [5, 5.41) is 2.80. The molecule has 0 bridgehead atoms. The molecule has 0 aliphatic carbocycles. The van der Waals surface area contributed by atoms with Crippen LogP contribution < -0.4 is 10.1 Å². The van der Waals surface area contributed by atoms with Gasteiger partial charge in [-0.1, -0.05) is 12.5 Å². The molecule has 1 saturated heterocycles. The van der Waals surface area contributed by atoms with Gasteiger partial charge in [-0.25, -0.2) is 8.42 Å². The predicted molar refractivity (Wildman–Crippen MR) is 122 cm³/mol. The van der Waals surface area contributed by atoms with Crippen LogP contribution in [-0.2, 0) is 10.0 Å². The number of sulfonamides is 1. The van der Waals surface area contributed by atoms with Gasteiger partial charge in [0.05, 0.1) is 4.90 Å². The second-order valence-corrected chi connectivity index (χ2v) is 9.64. The standard InChI is InChI=1S/C24H25N3O4S/c1-18-5-2-3-16-27(18)32(29,30)23-7-4-6-19(17-23)24(28)26-20-8-10-21(11-9-20)31-22-12-14-25-15-13-22/h4,6-15,17-18H,2-3,5,16H2,1H3,(H,26,28). The molecule has 1 N–H and O–H groups in total. The van der Waals surface area contributed by atoms with E-state index in [1.165, 1.54) is 10.4 Å². The molecule has 4 rings (SSSR count). The van der Waals surface area contributed by atoms with Gasteiger partial charge in [-0.3, -0.25) is 9.78 Å². The third kappa shape index (κ3) is 4.98. The molecule has 2 aromatic carbocycles. The number of anilines is 1. The summed E-state index contributed by atoms with van der Waals surface area (Å²) in [7, 11) is -3.64. The summed E-state index contributed by atoms with van der Waals surface area (Å²) >= 11 is 0. The summed E-state index contributed by atoms with van der Waals surface area (Å²) in [6.45, 7) is 2.43. The van der Waals surface area contributed by atoms with Crippen molar-refractivity contribution in [3.63, 3.8) is 0 Å². The summed E-state index contributed by atoms with van der Waals surface area (Å²) in [6.07, 6.45) is 6.02. The molecule has 166 valence electrons. The summed E-state index contributed by atoms with van der Waals surface area (Å²) in [6, 6.07) is 16.6. The van der Waals surface area contributed by atoms with Crippen molar-refractivity contribution in [1.29, 1.82) is 0 Å². The molecule has 1 atom stereocenters. The lowest BCUT2D eigenvalue weighted by Gasteiger charge is -2.32. The average molecular weight is 452 g/mol. The first-order chi connectivity index (χ1) is 15.4. The van der Waals surface area contributed by atoms with E-state index >= 15 is 0 Å². The zero-order valence-electron chi connectivity index (χ0n) is 17.8. The Balaban J connectivity index is 1.46. The highest BCUT2D eigenvalue weighted by molar-refractivity contribution is 7.89. The van der Waals surface area contributed by atoms with Crippen molar-refractivity contribution < 1.29 is 17.9 Å². The van der Waals surface area contributed by atoms with Crippen LogP contribution in [0, 0.1) is 0 Å². The number of nitrogens with zero attached hydrogens (tertiary/aromatic N) is 2. The van der Waals surface area contributed by atoms with Crippen LogP contribution in [0.25, 0.3) is 0 Å². The quantitative estimate of drug-likeness (QED) is 0.587. The normalized spacial score (nSPS) is 17.0. The Morgan fingerprint density at radius 3 is 2.47 bits per heavy atom. The van der Waals surface area contributed by atoms with E-state index < -0.39 is 10.0 Å². The number of ether oxygens (including phenoxy) is 1. The second-order valence-electron chi connectivity index (χ2n) is 7.75. The Kier molecular flexibility index (Phi) is 6.53. The minimum Gasteiger partial charge on any atom is -0.457 e. The Bertz CT molecular complexity index is 1180. The van der Waals surface area contributed by atoms with Crippen LogP contribution in [0.15, 0.2) is 78.0 Å². The van der Waals surface area contributed by atoms with E-state index in [2.05, 4.69) is 10.3 Å². The van der Waals surface area contributed by atoms with Crippen molar-refractivity contribution >= 4 is 21.6 Å². The summed E-state index contributed by atoms with van der Waals surface area (Å²) in [4.78, 5) is 16.8. The smallest absolute Gasteiger partial charge is 0.255 e. The van der Waals surface area contributed by atoms with Gasteiger partial charge in [-0.05, 0) is 74.4 Å². The zero-order valence-corrected chi connectivity index (χ0v) is 18.6. The van der Waals surface area contributed by atoms with Gasteiger partial charge in [0.1, 0.15) is 11.5 Å². The van der Waals surface area contributed by atoms with Gasteiger partial charge < -0.3 is 10.1 Å². The van der Waals surface area contributed by atoms with Crippen molar-refractivity contribution in [2.24, 2.45) is 0 Å². The lowest BCUT2D eigenvalue weighted by molar-refractivity contribution is 0.102. The Labute approximate surface area is 188 Å². The van der Waals surface area contributed by atoms with Gasteiger partial charge in [0.2, 0.25) is 10.0 Å². The van der Waals surface area contributed by atoms with Crippen LogP contribution in [0.1, 0.15) is 36.5 Å². The fourth-order valence-electron chi connectivity index (χ4n) is 3.71. The molecule has 1 aliphatic rings. The molecule has 1 fully saturated rings. The lowest BCUT2D eigenvalue weighted by atomic mass is 10.1. The number of pyridine rings is 1. The van der Waals surface area contributed by atoms with Gasteiger partial charge >= 0.3 is 0 Å². The van der Waals surface area contributed by atoms with Crippen LogP contribution in [0.2, 0.25) is 0 Å². The third-order valence-electron chi connectivity index (χ3n) is 5.44. The number of benzene rings is 2. The molecule has 3 aromatic rings. The third-order valence-corrected chi connectivity index (χ3v) is 7.45. The molecule has 7 nitrogen and oxygen atoms in total. The minimum absolute atomic E-state index is 0.0425. The van der Waals surface area contributed by atoms with E-state index in [1.807, 2.05) is 6.92 Å². The molecular formula is C24H25N3O4S. The summed E-state index contributed by atoms with van der Waals surface area (Å²) < 4.78 is 33.4. The molecule has 8 heteroatoms. The molecule has 0 radical (unpaired) electrons. The average Bonchev–Trinajstić information content (AvgIpc) is 2.81. The maximum atomic E-state index is 13.1. The predicted octanol–water partition coefficient (Wildman–Crippen LogP) is 4.69. The maximum Gasteiger partial charge on any atom is 0.255 e. The van der Waals surface area contributed by atoms with E-state index in [0.29, 0.717) is 23.7 Å². The lowest BCUT2D eigenvalue weighted by Crippen LogP contribution is -2.41. The number of hydrogen-bond acceptors (Lipinski definition) is 5. The van der Waals surface area contributed by atoms with E-state index in [0.717, 1.165) is 19.3 Å². The van der Waals surface area contributed by atoms with Crippen molar-refractivity contribution in [1.82, 2.24) is 9.29 Å². The van der Waals surface area contributed by atoms with Gasteiger partial charge in [0.15, 0.2) is 0 Å². The van der Waals surface area contributed by atoms with E-state index in [4.69, 9.17) is 4.74 Å². The molecule has 0 saturated carbocycles. The largest absolute Gasteiger partial charge is 0.457 e. The molecule has 1 aromatic heterocycles. The van der Waals surface area contributed by atoms with Crippen molar-refractivity contribution in [2.45, 2.75) is 37.1 Å². The number of rotatable bonds is 6. The van der Waals surface area contributed by atoms with Crippen molar-refractivity contribution in [3.05, 3.63) is 78.6 Å². The number of nitrogens with one attached hydrogen (secondary N) is 1. The molecule has 1 unspecified atom stereocenters. The Morgan fingerprint density at radius 2 is 1.75 bits per heavy atom. The van der Waals surface area contributed by atoms with Crippen LogP contribution in [-0.4, -0.2) is 36.2 Å². The SMILES string of the molecule is CC1CCCCN1S(=O)(=O)c1cccc(C(=O)Nc2ccc(Oc3ccncc3)cc2)c1. The first kappa shape index (κ1) is 22.0. The highest BCUT2D eigenvalue weighted by Crippen LogP contribution is 2.26. The molecule has 1 amide bonds. The van der Waals surface area contributed by atoms with Gasteiger partial charge in [-0.15, -0.1) is 0 Å². The number of hydrogen-bond donors (Lipinski definition) is 1. The van der Waals surface area contributed by atoms with E-state index in [1.54, 1.807) is 67.0 Å². The van der Waals surface area contributed by atoms with Crippen molar-refractivity contribution in [3.8, 4) is 11.5 Å². The highest BCUT2D eigenvalue weighted by atomic mass is 32.2. The van der Waals surface area contributed by atoms with Gasteiger partial charge in [0, 0.05) is 36.2 Å². The number of aromatic nitrogens is 1. The van der Waals surface area contributed by atoms with Gasteiger partial charge in [-0.2, -0.15) is 4.31 Å². The maximum absolute atomic E-state index is 13.1. The zero-order chi connectivity index (χ0) is 22.6.